The zero-order valence-electron chi connectivity index (χ0n) is 11.0. The standard InChI is InChI=1S/C15H12ClFO3S/c16-12-5-10(6-14-15(12)20-9-19-14)7-21(18)8-11-3-1-2-4-13(11)17/h1-6H,7-9H2/t21-/m1/s1. The molecule has 1 aliphatic heterocycles. The van der Waals surface area contributed by atoms with Gasteiger partial charge in [-0.05, 0) is 23.8 Å². The topological polar surface area (TPSA) is 35.5 Å². The lowest BCUT2D eigenvalue weighted by Crippen LogP contribution is -2.01. The fourth-order valence-corrected chi connectivity index (χ4v) is 3.64. The van der Waals surface area contributed by atoms with E-state index in [0.29, 0.717) is 22.1 Å². The van der Waals surface area contributed by atoms with Gasteiger partial charge in [-0.1, -0.05) is 29.8 Å². The SMILES string of the molecule is O=[S@](Cc1cc(Cl)c2c(c1)OCO2)Cc1ccccc1F. The van der Waals surface area contributed by atoms with Crippen LogP contribution in [0.1, 0.15) is 11.1 Å². The van der Waals surface area contributed by atoms with Gasteiger partial charge in [-0.3, -0.25) is 4.21 Å². The van der Waals surface area contributed by atoms with Crippen LogP contribution in [0.25, 0.3) is 0 Å². The summed E-state index contributed by atoms with van der Waals surface area (Å²) >= 11 is 6.08. The van der Waals surface area contributed by atoms with Gasteiger partial charge >= 0.3 is 0 Å². The number of fused-ring (bicyclic) bond motifs is 1. The average molecular weight is 327 g/mol. The Hall–Kier alpha value is -1.59. The Morgan fingerprint density at radius 2 is 2.00 bits per heavy atom. The third kappa shape index (κ3) is 3.19. The minimum Gasteiger partial charge on any atom is -0.454 e. The van der Waals surface area contributed by atoms with Gasteiger partial charge in [-0.2, -0.15) is 0 Å². The molecule has 3 nitrogen and oxygen atoms in total. The number of hydrogen-bond acceptors (Lipinski definition) is 3. The number of hydrogen-bond donors (Lipinski definition) is 0. The van der Waals surface area contributed by atoms with E-state index in [9.17, 15) is 8.60 Å². The summed E-state index contributed by atoms with van der Waals surface area (Å²) in [4.78, 5) is 0. The maximum atomic E-state index is 13.5. The second kappa shape index (κ2) is 6.03. The highest BCUT2D eigenvalue weighted by molar-refractivity contribution is 7.83. The minimum atomic E-state index is -1.23. The van der Waals surface area contributed by atoms with Crippen molar-refractivity contribution in [3.8, 4) is 11.5 Å². The maximum Gasteiger partial charge on any atom is 0.231 e. The molecule has 0 aromatic heterocycles. The maximum absolute atomic E-state index is 13.5. The molecule has 0 saturated heterocycles. The Labute approximate surface area is 129 Å². The van der Waals surface area contributed by atoms with Crippen molar-refractivity contribution in [2.45, 2.75) is 11.5 Å². The zero-order valence-corrected chi connectivity index (χ0v) is 12.5. The van der Waals surface area contributed by atoms with Crippen molar-refractivity contribution in [1.29, 1.82) is 0 Å². The lowest BCUT2D eigenvalue weighted by molar-refractivity contribution is 0.174. The average Bonchev–Trinajstić information content (AvgIpc) is 2.90. The van der Waals surface area contributed by atoms with Crippen LogP contribution >= 0.6 is 11.6 Å². The number of ether oxygens (including phenoxy) is 2. The second-order valence-electron chi connectivity index (χ2n) is 4.63. The van der Waals surface area contributed by atoms with Crippen LogP contribution in [0.2, 0.25) is 5.02 Å². The Morgan fingerprint density at radius 1 is 1.19 bits per heavy atom. The Bertz CT molecular complexity index is 705. The number of halogens is 2. The Kier molecular flexibility index (Phi) is 4.12. The number of rotatable bonds is 4. The molecule has 6 heteroatoms. The molecule has 0 spiro atoms. The van der Waals surface area contributed by atoms with Gasteiger partial charge in [0.05, 0.1) is 10.8 Å². The van der Waals surface area contributed by atoms with Crippen LogP contribution in [0.15, 0.2) is 36.4 Å². The molecule has 0 saturated carbocycles. The van der Waals surface area contributed by atoms with Gasteiger partial charge in [-0.15, -0.1) is 0 Å². The first-order chi connectivity index (χ1) is 10.1. The molecule has 1 aliphatic rings. The smallest absolute Gasteiger partial charge is 0.231 e. The monoisotopic (exact) mass is 326 g/mol. The predicted octanol–water partition coefficient (Wildman–Crippen LogP) is 3.66. The van der Waals surface area contributed by atoms with Gasteiger partial charge in [0.25, 0.3) is 0 Å². The van der Waals surface area contributed by atoms with Crippen LogP contribution in [-0.4, -0.2) is 11.0 Å². The fraction of sp³-hybridized carbons (Fsp3) is 0.200. The summed E-state index contributed by atoms with van der Waals surface area (Å²) < 4.78 is 36.2. The summed E-state index contributed by atoms with van der Waals surface area (Å²) in [6.07, 6.45) is 0. The lowest BCUT2D eigenvalue weighted by Gasteiger charge is -2.06. The molecule has 0 unspecified atom stereocenters. The molecule has 1 atom stereocenters. The van der Waals surface area contributed by atoms with Crippen molar-refractivity contribution in [2.24, 2.45) is 0 Å². The Balaban J connectivity index is 1.74. The quantitative estimate of drug-likeness (QED) is 0.860. The van der Waals surface area contributed by atoms with Crippen LogP contribution in [-0.2, 0) is 22.3 Å². The third-order valence-electron chi connectivity index (χ3n) is 3.09. The van der Waals surface area contributed by atoms with E-state index >= 15 is 0 Å². The van der Waals surface area contributed by atoms with Crippen LogP contribution in [0, 0.1) is 5.82 Å². The molecule has 0 amide bonds. The fourth-order valence-electron chi connectivity index (χ4n) is 2.13. The summed E-state index contributed by atoms with van der Waals surface area (Å²) in [7, 11) is -1.23. The van der Waals surface area contributed by atoms with Crippen molar-refractivity contribution in [2.75, 3.05) is 6.79 Å². The molecule has 0 N–H and O–H groups in total. The summed E-state index contributed by atoms with van der Waals surface area (Å²) in [6.45, 7) is 0.136. The molecule has 0 radical (unpaired) electrons. The van der Waals surface area contributed by atoms with Gasteiger partial charge < -0.3 is 9.47 Å². The molecular weight excluding hydrogens is 315 g/mol. The first-order valence-corrected chi connectivity index (χ1v) is 8.16. The second-order valence-corrected chi connectivity index (χ2v) is 6.50. The molecule has 21 heavy (non-hydrogen) atoms. The Morgan fingerprint density at radius 3 is 2.81 bits per heavy atom. The van der Waals surface area contributed by atoms with Crippen LogP contribution in [0.3, 0.4) is 0 Å². The van der Waals surface area contributed by atoms with E-state index in [4.69, 9.17) is 21.1 Å². The van der Waals surface area contributed by atoms with Crippen LogP contribution in [0.5, 0.6) is 11.5 Å². The summed E-state index contributed by atoms with van der Waals surface area (Å²) in [5.41, 5.74) is 1.22. The van der Waals surface area contributed by atoms with E-state index in [1.54, 1.807) is 30.3 Å². The van der Waals surface area contributed by atoms with E-state index in [1.807, 2.05) is 0 Å². The molecule has 2 aromatic rings. The van der Waals surface area contributed by atoms with Gasteiger partial charge in [0.2, 0.25) is 6.79 Å². The molecule has 110 valence electrons. The van der Waals surface area contributed by atoms with E-state index in [2.05, 4.69) is 0 Å². The van der Waals surface area contributed by atoms with Gasteiger partial charge in [0.1, 0.15) is 5.82 Å². The summed E-state index contributed by atoms with van der Waals surface area (Å²) in [5, 5.41) is 0.433. The summed E-state index contributed by atoms with van der Waals surface area (Å²) in [5.74, 6) is 1.18. The molecule has 0 bridgehead atoms. The van der Waals surface area contributed by atoms with Crippen molar-refractivity contribution < 1.29 is 18.1 Å². The van der Waals surface area contributed by atoms with Crippen LogP contribution in [0.4, 0.5) is 4.39 Å². The molecular formula is C15H12ClFO3S. The van der Waals surface area contributed by atoms with E-state index in [-0.39, 0.29) is 24.1 Å². The highest BCUT2D eigenvalue weighted by Crippen LogP contribution is 2.40. The highest BCUT2D eigenvalue weighted by Gasteiger charge is 2.19. The van der Waals surface area contributed by atoms with E-state index < -0.39 is 10.8 Å². The lowest BCUT2D eigenvalue weighted by atomic mass is 10.2. The van der Waals surface area contributed by atoms with Crippen molar-refractivity contribution in [3.63, 3.8) is 0 Å². The molecule has 2 aromatic carbocycles. The largest absolute Gasteiger partial charge is 0.454 e. The van der Waals surface area contributed by atoms with Crippen molar-refractivity contribution in [1.82, 2.24) is 0 Å². The van der Waals surface area contributed by atoms with Gasteiger partial charge in [-0.25, -0.2) is 4.39 Å². The predicted molar refractivity (Wildman–Crippen MR) is 79.5 cm³/mol. The molecule has 1 heterocycles. The minimum absolute atomic E-state index is 0.136. The van der Waals surface area contributed by atoms with Gasteiger partial charge in [0.15, 0.2) is 11.5 Å². The summed E-state index contributed by atoms with van der Waals surface area (Å²) in [6, 6.07) is 9.80. The van der Waals surface area contributed by atoms with Crippen molar-refractivity contribution >= 4 is 22.4 Å². The molecule has 3 rings (SSSR count). The van der Waals surface area contributed by atoms with Crippen LogP contribution < -0.4 is 9.47 Å². The van der Waals surface area contributed by atoms with E-state index in [1.165, 1.54) is 6.07 Å². The van der Waals surface area contributed by atoms with Crippen molar-refractivity contribution in [3.05, 3.63) is 58.4 Å². The first-order valence-electron chi connectivity index (χ1n) is 6.30. The zero-order chi connectivity index (χ0) is 14.8. The number of benzene rings is 2. The highest BCUT2D eigenvalue weighted by atomic mass is 35.5. The third-order valence-corrected chi connectivity index (χ3v) is 4.66. The first kappa shape index (κ1) is 14.4. The molecule has 0 fully saturated rings. The van der Waals surface area contributed by atoms with Gasteiger partial charge in [0, 0.05) is 22.1 Å². The van der Waals surface area contributed by atoms with E-state index in [0.717, 1.165) is 5.56 Å². The normalized spacial score (nSPS) is 14.2. The molecule has 0 aliphatic carbocycles.